The lowest BCUT2D eigenvalue weighted by Gasteiger charge is -2.22. The molecule has 1 unspecified atom stereocenters. The summed E-state index contributed by atoms with van der Waals surface area (Å²) in [5, 5.41) is 16.7. The fourth-order valence-electron chi connectivity index (χ4n) is 1.59. The van der Waals surface area contributed by atoms with E-state index in [2.05, 4.69) is 10.3 Å². The van der Waals surface area contributed by atoms with Crippen molar-refractivity contribution in [1.29, 1.82) is 0 Å². The van der Waals surface area contributed by atoms with Crippen LogP contribution in [0.25, 0.3) is 0 Å². The number of rotatable bonds is 3. The topological polar surface area (TPSA) is 86.5 Å². The summed E-state index contributed by atoms with van der Waals surface area (Å²) in [7, 11) is 0. The second kappa shape index (κ2) is 4.58. The Morgan fingerprint density at radius 1 is 1.75 bits per heavy atom. The molecule has 2 heterocycles. The molecular formula is C9H13N3O4. The average molecular weight is 227 g/mol. The summed E-state index contributed by atoms with van der Waals surface area (Å²) in [5.41, 5.74) is 0.726. The number of aliphatic hydroxyl groups excluding tert-OH is 1. The first-order valence-electron chi connectivity index (χ1n) is 5.07. The zero-order chi connectivity index (χ0) is 11.5. The van der Waals surface area contributed by atoms with Crippen LogP contribution in [0.3, 0.4) is 0 Å². The van der Waals surface area contributed by atoms with Gasteiger partial charge in [0.2, 0.25) is 0 Å². The summed E-state index contributed by atoms with van der Waals surface area (Å²) in [6.07, 6.45) is 0. The molecule has 0 saturated heterocycles. The van der Waals surface area contributed by atoms with E-state index in [1.807, 2.05) is 0 Å². The highest BCUT2D eigenvalue weighted by Crippen LogP contribution is 2.19. The molecule has 1 aliphatic rings. The number of aliphatic hydroxyl groups is 1. The van der Waals surface area contributed by atoms with Crippen LogP contribution >= 0.6 is 0 Å². The predicted molar refractivity (Wildman–Crippen MR) is 51.8 cm³/mol. The number of esters is 1. The number of aromatic nitrogens is 3. The highest BCUT2D eigenvalue weighted by atomic mass is 16.5. The minimum Gasteiger partial charge on any atom is -0.461 e. The molecule has 0 saturated carbocycles. The van der Waals surface area contributed by atoms with Gasteiger partial charge in [-0.1, -0.05) is 5.21 Å². The molecule has 1 N–H and O–H groups in total. The second-order valence-corrected chi connectivity index (χ2v) is 3.40. The van der Waals surface area contributed by atoms with Crippen molar-refractivity contribution in [2.45, 2.75) is 19.6 Å². The number of nitrogens with zero attached hydrogens (tertiary/aromatic N) is 3. The molecule has 88 valence electrons. The molecule has 7 heteroatoms. The van der Waals surface area contributed by atoms with Gasteiger partial charge >= 0.3 is 5.97 Å². The Bertz CT molecular complexity index is 390. The third-order valence-corrected chi connectivity index (χ3v) is 2.37. The van der Waals surface area contributed by atoms with Crippen molar-refractivity contribution in [2.24, 2.45) is 0 Å². The van der Waals surface area contributed by atoms with Gasteiger partial charge in [-0.15, -0.1) is 5.10 Å². The minimum absolute atomic E-state index is 0.0986. The van der Waals surface area contributed by atoms with E-state index in [-0.39, 0.29) is 31.6 Å². The molecule has 0 fully saturated rings. The fourth-order valence-corrected chi connectivity index (χ4v) is 1.59. The van der Waals surface area contributed by atoms with E-state index in [9.17, 15) is 4.79 Å². The Balaban J connectivity index is 2.29. The molecule has 16 heavy (non-hydrogen) atoms. The van der Waals surface area contributed by atoms with Crippen molar-refractivity contribution in [3.05, 3.63) is 11.4 Å². The van der Waals surface area contributed by atoms with Gasteiger partial charge in [-0.25, -0.2) is 9.48 Å². The monoisotopic (exact) mass is 227 g/mol. The van der Waals surface area contributed by atoms with Crippen LogP contribution < -0.4 is 0 Å². The second-order valence-electron chi connectivity index (χ2n) is 3.40. The third-order valence-electron chi connectivity index (χ3n) is 2.37. The third kappa shape index (κ3) is 1.79. The Kier molecular flexibility index (Phi) is 3.16. The zero-order valence-corrected chi connectivity index (χ0v) is 8.92. The van der Waals surface area contributed by atoms with Crippen LogP contribution in [0, 0.1) is 0 Å². The lowest BCUT2D eigenvalue weighted by molar-refractivity contribution is 0.0274. The quantitative estimate of drug-likeness (QED) is 0.702. The van der Waals surface area contributed by atoms with Crippen LogP contribution in [0.5, 0.6) is 0 Å². The van der Waals surface area contributed by atoms with Crippen LogP contribution in [-0.4, -0.2) is 45.9 Å². The van der Waals surface area contributed by atoms with Gasteiger partial charge in [0, 0.05) is 0 Å². The fraction of sp³-hybridized carbons (Fsp3) is 0.667. The van der Waals surface area contributed by atoms with Gasteiger partial charge in [0.1, 0.15) is 6.04 Å². The van der Waals surface area contributed by atoms with Crippen molar-refractivity contribution >= 4 is 5.97 Å². The number of carbonyl (C=O) groups is 1. The molecule has 1 aromatic rings. The highest BCUT2D eigenvalue weighted by molar-refractivity contribution is 5.88. The molecule has 0 amide bonds. The first kappa shape index (κ1) is 11.0. The number of carbonyl (C=O) groups excluding carboxylic acids is 1. The molecule has 0 aliphatic carbocycles. The van der Waals surface area contributed by atoms with E-state index in [0.717, 1.165) is 0 Å². The summed E-state index contributed by atoms with van der Waals surface area (Å²) in [6.45, 7) is 2.54. The van der Waals surface area contributed by atoms with E-state index >= 15 is 0 Å². The molecule has 2 rings (SSSR count). The van der Waals surface area contributed by atoms with Crippen LogP contribution in [0.2, 0.25) is 0 Å². The van der Waals surface area contributed by atoms with Crippen molar-refractivity contribution < 1.29 is 19.4 Å². The normalized spacial score (nSPS) is 19.2. The Labute approximate surface area is 92.0 Å². The maximum Gasteiger partial charge on any atom is 0.360 e. The van der Waals surface area contributed by atoms with Gasteiger partial charge in [0.25, 0.3) is 0 Å². The van der Waals surface area contributed by atoms with Gasteiger partial charge in [0.05, 0.1) is 32.1 Å². The number of hydrogen-bond acceptors (Lipinski definition) is 6. The smallest absolute Gasteiger partial charge is 0.360 e. The molecule has 0 aromatic carbocycles. The highest BCUT2D eigenvalue weighted by Gasteiger charge is 2.28. The number of fused-ring (bicyclic) bond motifs is 1. The van der Waals surface area contributed by atoms with Crippen LogP contribution in [0.1, 0.15) is 29.1 Å². The molecule has 1 atom stereocenters. The Hall–Kier alpha value is -1.47. The maximum atomic E-state index is 11.5. The SMILES string of the molecule is CCOC(=O)c1nnn2c1COCC2CO. The molecular weight excluding hydrogens is 214 g/mol. The lowest BCUT2D eigenvalue weighted by Crippen LogP contribution is -2.28. The van der Waals surface area contributed by atoms with Crippen molar-refractivity contribution in [3.63, 3.8) is 0 Å². The molecule has 0 bridgehead atoms. The van der Waals surface area contributed by atoms with Crippen LogP contribution in [0.4, 0.5) is 0 Å². The summed E-state index contributed by atoms with van der Waals surface area (Å²) >= 11 is 0. The van der Waals surface area contributed by atoms with Crippen molar-refractivity contribution in [2.75, 3.05) is 19.8 Å². The van der Waals surface area contributed by atoms with Gasteiger partial charge < -0.3 is 14.6 Å². The molecule has 1 aromatic heterocycles. The number of ether oxygens (including phenoxy) is 2. The predicted octanol–water partition coefficient (Wildman–Crippen LogP) is -0.482. The summed E-state index contributed by atoms with van der Waals surface area (Å²) < 4.78 is 11.6. The summed E-state index contributed by atoms with van der Waals surface area (Å²) in [4.78, 5) is 11.5. The van der Waals surface area contributed by atoms with E-state index in [1.54, 1.807) is 6.92 Å². The van der Waals surface area contributed by atoms with Crippen LogP contribution in [0.15, 0.2) is 0 Å². The average Bonchev–Trinajstić information content (AvgIpc) is 2.72. The van der Waals surface area contributed by atoms with E-state index < -0.39 is 5.97 Å². The Morgan fingerprint density at radius 3 is 3.25 bits per heavy atom. The van der Waals surface area contributed by atoms with Crippen LogP contribution in [-0.2, 0) is 16.1 Å². The molecule has 0 spiro atoms. The van der Waals surface area contributed by atoms with Gasteiger partial charge in [-0.05, 0) is 6.92 Å². The van der Waals surface area contributed by atoms with Crippen molar-refractivity contribution in [3.8, 4) is 0 Å². The first-order valence-corrected chi connectivity index (χ1v) is 5.07. The zero-order valence-electron chi connectivity index (χ0n) is 8.92. The largest absolute Gasteiger partial charge is 0.461 e. The number of hydrogen-bond donors (Lipinski definition) is 1. The molecule has 1 aliphatic heterocycles. The molecule has 0 radical (unpaired) electrons. The first-order chi connectivity index (χ1) is 7.77. The minimum atomic E-state index is -0.508. The molecule has 7 nitrogen and oxygen atoms in total. The van der Waals surface area contributed by atoms with Gasteiger partial charge in [-0.3, -0.25) is 0 Å². The maximum absolute atomic E-state index is 11.5. The summed E-state index contributed by atoms with van der Waals surface area (Å²) in [6, 6.07) is -0.278. The van der Waals surface area contributed by atoms with E-state index in [0.29, 0.717) is 12.3 Å². The standard InChI is InChI=1S/C9H13N3O4/c1-2-16-9(14)8-7-5-15-4-6(3-13)12(7)11-10-8/h6,13H,2-5H2,1H3. The van der Waals surface area contributed by atoms with Gasteiger partial charge in [0.15, 0.2) is 5.69 Å². The van der Waals surface area contributed by atoms with E-state index in [4.69, 9.17) is 14.6 Å². The lowest BCUT2D eigenvalue weighted by atomic mass is 10.2. The van der Waals surface area contributed by atoms with Gasteiger partial charge in [-0.2, -0.15) is 0 Å². The summed E-state index contributed by atoms with van der Waals surface area (Å²) in [5.74, 6) is -0.508. The van der Waals surface area contributed by atoms with E-state index in [1.165, 1.54) is 4.68 Å². The van der Waals surface area contributed by atoms with Crippen molar-refractivity contribution in [1.82, 2.24) is 15.0 Å². The Morgan fingerprint density at radius 2 is 2.56 bits per heavy atom.